The van der Waals surface area contributed by atoms with Gasteiger partial charge in [0.05, 0.1) is 11.3 Å². The Morgan fingerprint density at radius 3 is 2.63 bits per heavy atom. The summed E-state index contributed by atoms with van der Waals surface area (Å²) in [6.07, 6.45) is -3.29. The Morgan fingerprint density at radius 1 is 1.32 bits per heavy atom. The van der Waals surface area contributed by atoms with Gasteiger partial charge in [-0.15, -0.1) is 0 Å². The van der Waals surface area contributed by atoms with Crippen molar-refractivity contribution in [3.63, 3.8) is 0 Å². The highest BCUT2D eigenvalue weighted by Crippen LogP contribution is 2.36. The number of nitrogens with one attached hydrogen (secondary N) is 2. The van der Waals surface area contributed by atoms with Crippen molar-refractivity contribution in [1.29, 1.82) is 0 Å². The fourth-order valence-corrected chi connectivity index (χ4v) is 1.60. The maximum Gasteiger partial charge on any atom is 0.418 e. The van der Waals surface area contributed by atoms with E-state index in [0.29, 0.717) is 0 Å². The van der Waals surface area contributed by atoms with E-state index in [1.165, 1.54) is 18.3 Å². The Kier molecular flexibility index (Phi) is 3.48. The van der Waals surface area contributed by atoms with Crippen molar-refractivity contribution in [2.24, 2.45) is 0 Å². The van der Waals surface area contributed by atoms with Crippen LogP contribution in [-0.4, -0.2) is 16.1 Å². The van der Waals surface area contributed by atoms with Crippen LogP contribution in [0, 0.1) is 0 Å². The molecule has 0 aliphatic heterocycles. The van der Waals surface area contributed by atoms with Crippen molar-refractivity contribution in [1.82, 2.24) is 10.2 Å². The Labute approximate surface area is 110 Å². The van der Waals surface area contributed by atoms with Crippen LogP contribution in [-0.2, 0) is 6.18 Å². The van der Waals surface area contributed by atoms with E-state index in [0.717, 1.165) is 12.1 Å². The van der Waals surface area contributed by atoms with Crippen LogP contribution < -0.4 is 5.32 Å². The van der Waals surface area contributed by atoms with Gasteiger partial charge in [0, 0.05) is 11.2 Å². The standard InChI is InChI=1S/C11H7ClF3N3O/c12-6-1-2-8(7(5-6)11(13,14)15)17-10(19)9-3-4-16-18-9/h1-5H,(H,16,18)(H,17,19). The van der Waals surface area contributed by atoms with E-state index in [9.17, 15) is 18.0 Å². The van der Waals surface area contributed by atoms with Crippen LogP contribution in [0.3, 0.4) is 0 Å². The fourth-order valence-electron chi connectivity index (χ4n) is 1.43. The van der Waals surface area contributed by atoms with Crippen LogP contribution in [0.25, 0.3) is 0 Å². The summed E-state index contributed by atoms with van der Waals surface area (Å²) in [5.74, 6) is -0.717. The lowest BCUT2D eigenvalue weighted by atomic mass is 10.1. The molecule has 0 aliphatic carbocycles. The van der Waals surface area contributed by atoms with Gasteiger partial charge in [-0.25, -0.2) is 0 Å². The molecule has 0 radical (unpaired) electrons. The van der Waals surface area contributed by atoms with E-state index in [1.807, 2.05) is 0 Å². The average molecular weight is 290 g/mol. The minimum Gasteiger partial charge on any atom is -0.320 e. The monoisotopic (exact) mass is 289 g/mol. The molecule has 0 bridgehead atoms. The third-order valence-corrected chi connectivity index (χ3v) is 2.52. The molecule has 0 atom stereocenters. The third kappa shape index (κ3) is 3.05. The molecular weight excluding hydrogens is 283 g/mol. The minimum atomic E-state index is -4.61. The Hall–Kier alpha value is -2.02. The van der Waals surface area contributed by atoms with E-state index in [1.54, 1.807) is 0 Å². The highest BCUT2D eigenvalue weighted by Gasteiger charge is 2.34. The van der Waals surface area contributed by atoms with Crippen molar-refractivity contribution < 1.29 is 18.0 Å². The second-order valence-corrected chi connectivity index (χ2v) is 4.05. The molecule has 100 valence electrons. The lowest BCUT2D eigenvalue weighted by molar-refractivity contribution is -0.136. The zero-order valence-corrected chi connectivity index (χ0v) is 10.0. The Balaban J connectivity index is 2.33. The quantitative estimate of drug-likeness (QED) is 0.891. The van der Waals surface area contributed by atoms with Crippen LogP contribution in [0.15, 0.2) is 30.5 Å². The lowest BCUT2D eigenvalue weighted by Crippen LogP contribution is -2.17. The Morgan fingerprint density at radius 2 is 2.05 bits per heavy atom. The number of rotatable bonds is 2. The molecule has 4 nitrogen and oxygen atoms in total. The molecule has 0 fully saturated rings. The molecule has 2 N–H and O–H groups in total. The number of nitrogens with zero attached hydrogens (tertiary/aromatic N) is 1. The van der Waals surface area contributed by atoms with Crippen LogP contribution in [0.2, 0.25) is 5.02 Å². The maximum atomic E-state index is 12.8. The first-order valence-corrected chi connectivity index (χ1v) is 5.43. The number of halogens is 4. The minimum absolute atomic E-state index is 0.0584. The summed E-state index contributed by atoms with van der Waals surface area (Å²) in [4.78, 5) is 11.7. The summed E-state index contributed by atoms with van der Waals surface area (Å²) in [6.45, 7) is 0. The number of carbonyl (C=O) groups excluding carboxylic acids is 1. The molecule has 8 heteroatoms. The molecule has 2 rings (SSSR count). The molecule has 0 saturated carbocycles. The number of aromatic nitrogens is 2. The van der Waals surface area contributed by atoms with Gasteiger partial charge in [0.25, 0.3) is 5.91 Å². The number of anilines is 1. The first kappa shape index (κ1) is 13.4. The summed E-state index contributed by atoms with van der Waals surface area (Å²) in [7, 11) is 0. The predicted octanol–water partition coefficient (Wildman–Crippen LogP) is 3.33. The molecule has 0 unspecified atom stereocenters. The molecule has 1 aromatic carbocycles. The van der Waals surface area contributed by atoms with Gasteiger partial charge in [-0.1, -0.05) is 11.6 Å². The number of hydrogen-bond acceptors (Lipinski definition) is 2. The Bertz CT molecular complexity index is 596. The van der Waals surface area contributed by atoms with E-state index < -0.39 is 17.6 Å². The number of amides is 1. The largest absolute Gasteiger partial charge is 0.418 e. The summed E-state index contributed by atoms with van der Waals surface area (Å²) in [5, 5.41) is 7.99. The molecule has 1 heterocycles. The molecule has 0 saturated heterocycles. The van der Waals surface area contributed by atoms with E-state index in [4.69, 9.17) is 11.6 Å². The topological polar surface area (TPSA) is 57.8 Å². The van der Waals surface area contributed by atoms with E-state index >= 15 is 0 Å². The van der Waals surface area contributed by atoms with Crippen LogP contribution in [0.5, 0.6) is 0 Å². The molecule has 2 aromatic rings. The molecule has 1 amide bonds. The first-order valence-electron chi connectivity index (χ1n) is 5.05. The van der Waals surface area contributed by atoms with E-state index in [-0.39, 0.29) is 16.4 Å². The molecule has 0 aliphatic rings. The second kappa shape index (κ2) is 4.93. The van der Waals surface area contributed by atoms with Gasteiger partial charge >= 0.3 is 6.18 Å². The summed E-state index contributed by atoms with van der Waals surface area (Å²) < 4.78 is 38.4. The number of hydrogen-bond donors (Lipinski definition) is 2. The highest BCUT2D eigenvalue weighted by molar-refractivity contribution is 6.30. The number of benzene rings is 1. The predicted molar refractivity (Wildman–Crippen MR) is 63.0 cm³/mol. The van der Waals surface area contributed by atoms with Gasteiger partial charge < -0.3 is 5.32 Å². The zero-order valence-electron chi connectivity index (χ0n) is 9.25. The number of carbonyl (C=O) groups is 1. The first-order chi connectivity index (χ1) is 8.88. The second-order valence-electron chi connectivity index (χ2n) is 3.61. The van der Waals surface area contributed by atoms with Gasteiger partial charge in [0.2, 0.25) is 0 Å². The number of H-pyrrole nitrogens is 1. The van der Waals surface area contributed by atoms with Gasteiger partial charge in [0.15, 0.2) is 0 Å². The number of alkyl halides is 3. The number of aromatic amines is 1. The van der Waals surface area contributed by atoms with Crippen LogP contribution >= 0.6 is 11.6 Å². The van der Waals surface area contributed by atoms with Crippen LogP contribution in [0.1, 0.15) is 16.1 Å². The zero-order chi connectivity index (χ0) is 14.0. The normalized spacial score (nSPS) is 11.4. The van der Waals surface area contributed by atoms with Crippen molar-refractivity contribution in [3.05, 3.63) is 46.7 Å². The van der Waals surface area contributed by atoms with Gasteiger partial charge in [-0.3, -0.25) is 9.89 Å². The highest BCUT2D eigenvalue weighted by atomic mass is 35.5. The van der Waals surface area contributed by atoms with Gasteiger partial charge in [0.1, 0.15) is 5.69 Å². The summed E-state index contributed by atoms with van der Waals surface area (Å²) >= 11 is 5.53. The molecule has 19 heavy (non-hydrogen) atoms. The maximum absolute atomic E-state index is 12.8. The van der Waals surface area contributed by atoms with Crippen molar-refractivity contribution >= 4 is 23.2 Å². The van der Waals surface area contributed by atoms with E-state index in [2.05, 4.69) is 15.5 Å². The summed E-state index contributed by atoms with van der Waals surface area (Å²) in [5.41, 5.74) is -1.31. The summed E-state index contributed by atoms with van der Waals surface area (Å²) in [6, 6.07) is 4.46. The lowest BCUT2D eigenvalue weighted by Gasteiger charge is -2.13. The smallest absolute Gasteiger partial charge is 0.320 e. The third-order valence-electron chi connectivity index (χ3n) is 2.28. The fraction of sp³-hybridized carbons (Fsp3) is 0.0909. The van der Waals surface area contributed by atoms with Crippen LogP contribution in [0.4, 0.5) is 18.9 Å². The SMILES string of the molecule is O=C(Nc1ccc(Cl)cc1C(F)(F)F)c1ccn[nH]1. The molecule has 0 spiro atoms. The molecule has 1 aromatic heterocycles. The van der Waals surface area contributed by atoms with Crippen molar-refractivity contribution in [2.75, 3.05) is 5.32 Å². The van der Waals surface area contributed by atoms with Gasteiger partial charge in [-0.05, 0) is 24.3 Å². The van der Waals surface area contributed by atoms with Crippen molar-refractivity contribution in [3.8, 4) is 0 Å². The molecular formula is C11H7ClF3N3O. The average Bonchev–Trinajstić information content (AvgIpc) is 2.83. The van der Waals surface area contributed by atoms with Gasteiger partial charge in [-0.2, -0.15) is 18.3 Å². The van der Waals surface area contributed by atoms with Crippen molar-refractivity contribution in [2.45, 2.75) is 6.18 Å².